The molecule has 1 amide bonds. The molecule has 0 saturated heterocycles. The second-order valence-electron chi connectivity index (χ2n) is 8.56. The first-order valence-corrected chi connectivity index (χ1v) is 8.60. The number of amides is 1. The van der Waals surface area contributed by atoms with Crippen molar-refractivity contribution in [3.05, 3.63) is 69.3 Å². The number of carbonyl (C=O) groups excluding carboxylic acids is 1. The molecule has 5 nitrogen and oxygen atoms in total. The van der Waals surface area contributed by atoms with Crippen LogP contribution in [0.1, 0.15) is 63.0 Å². The monoisotopic (exact) mass is 354 g/mol. The Morgan fingerprint density at radius 3 is 1.73 bits per heavy atom. The molecule has 26 heavy (non-hydrogen) atoms. The van der Waals surface area contributed by atoms with Crippen molar-refractivity contribution in [2.24, 2.45) is 0 Å². The van der Waals surface area contributed by atoms with E-state index in [9.17, 15) is 14.9 Å². The molecule has 2 aromatic rings. The lowest BCUT2D eigenvalue weighted by atomic mass is 9.79. The summed E-state index contributed by atoms with van der Waals surface area (Å²) in [5, 5.41) is 13.6. The van der Waals surface area contributed by atoms with Gasteiger partial charge in [-0.3, -0.25) is 14.9 Å². The molecular weight excluding hydrogens is 328 g/mol. The lowest BCUT2D eigenvalue weighted by Gasteiger charge is -2.26. The Hall–Kier alpha value is -2.69. The molecule has 0 aliphatic rings. The molecule has 0 aromatic heterocycles. The predicted molar refractivity (Wildman–Crippen MR) is 105 cm³/mol. The number of non-ortho nitro benzene ring substituents is 1. The molecule has 2 rings (SSSR count). The van der Waals surface area contributed by atoms with Crippen LogP contribution in [0.4, 0.5) is 11.4 Å². The van der Waals surface area contributed by atoms with Gasteiger partial charge in [-0.2, -0.15) is 0 Å². The zero-order chi connectivity index (χ0) is 19.7. The second kappa shape index (κ2) is 6.90. The van der Waals surface area contributed by atoms with Crippen LogP contribution in [0.3, 0.4) is 0 Å². The highest BCUT2D eigenvalue weighted by Crippen LogP contribution is 2.30. The van der Waals surface area contributed by atoms with Crippen LogP contribution in [0.25, 0.3) is 0 Å². The van der Waals surface area contributed by atoms with Gasteiger partial charge in [-0.05, 0) is 46.2 Å². The second-order valence-corrected chi connectivity index (χ2v) is 8.56. The van der Waals surface area contributed by atoms with E-state index >= 15 is 0 Å². The summed E-state index contributed by atoms with van der Waals surface area (Å²) in [6, 6.07) is 11.8. The average molecular weight is 354 g/mol. The molecule has 0 atom stereocenters. The maximum Gasteiger partial charge on any atom is 0.269 e. The van der Waals surface area contributed by atoms with Crippen LogP contribution in [0, 0.1) is 10.1 Å². The molecule has 0 unspecified atom stereocenters. The van der Waals surface area contributed by atoms with E-state index in [0.717, 1.165) is 11.1 Å². The normalized spacial score (nSPS) is 11.9. The predicted octanol–water partition coefficient (Wildman–Crippen LogP) is 5.44. The molecule has 0 spiro atoms. The Bertz CT molecular complexity index is 794. The van der Waals surface area contributed by atoms with Crippen molar-refractivity contribution in [3.8, 4) is 0 Å². The molecule has 0 saturated carbocycles. The Labute approximate surface area is 154 Å². The first kappa shape index (κ1) is 19.6. The molecule has 0 heterocycles. The third-order valence-corrected chi connectivity index (χ3v) is 4.26. The van der Waals surface area contributed by atoms with Gasteiger partial charge in [-0.25, -0.2) is 0 Å². The fraction of sp³-hybridized carbons (Fsp3) is 0.381. The van der Waals surface area contributed by atoms with E-state index in [1.807, 2.05) is 12.1 Å². The minimum atomic E-state index is -0.464. The van der Waals surface area contributed by atoms with Crippen molar-refractivity contribution in [3.63, 3.8) is 0 Å². The molecular formula is C21H26N2O3. The summed E-state index contributed by atoms with van der Waals surface area (Å²) in [4.78, 5) is 23.0. The first-order valence-electron chi connectivity index (χ1n) is 8.60. The summed E-state index contributed by atoms with van der Waals surface area (Å²) in [6.45, 7) is 12.7. The van der Waals surface area contributed by atoms with E-state index in [1.54, 1.807) is 0 Å². The van der Waals surface area contributed by atoms with E-state index in [4.69, 9.17) is 0 Å². The number of benzene rings is 2. The van der Waals surface area contributed by atoms with Crippen LogP contribution in [0.2, 0.25) is 0 Å². The Morgan fingerprint density at radius 2 is 1.35 bits per heavy atom. The molecule has 2 aromatic carbocycles. The average Bonchev–Trinajstić information content (AvgIpc) is 2.53. The van der Waals surface area contributed by atoms with E-state index in [1.165, 1.54) is 24.3 Å². The molecule has 0 aliphatic carbocycles. The van der Waals surface area contributed by atoms with Crippen LogP contribution in [0.5, 0.6) is 0 Å². The molecule has 1 N–H and O–H groups in total. The number of hydrogen-bond donors (Lipinski definition) is 1. The highest BCUT2D eigenvalue weighted by atomic mass is 16.6. The summed E-state index contributed by atoms with van der Waals surface area (Å²) >= 11 is 0. The number of nitro groups is 1. The van der Waals surface area contributed by atoms with Gasteiger partial charge in [0.15, 0.2) is 0 Å². The standard InChI is InChI=1S/C21H26N2O3/c1-20(2,3)15-11-14(12-16(13-15)21(4,5)6)19(24)22-17-7-9-18(10-8-17)23(25)26/h7-13H,1-6H3,(H,22,24). The summed E-state index contributed by atoms with van der Waals surface area (Å²) in [5.74, 6) is -0.226. The maximum atomic E-state index is 12.7. The fourth-order valence-electron chi connectivity index (χ4n) is 2.49. The fourth-order valence-corrected chi connectivity index (χ4v) is 2.49. The topological polar surface area (TPSA) is 72.2 Å². The zero-order valence-corrected chi connectivity index (χ0v) is 16.2. The van der Waals surface area contributed by atoms with Crippen molar-refractivity contribution in [1.82, 2.24) is 0 Å². The lowest BCUT2D eigenvalue weighted by Crippen LogP contribution is -2.20. The number of nitrogens with one attached hydrogen (secondary N) is 1. The number of nitro benzene ring substituents is 1. The molecule has 0 radical (unpaired) electrons. The van der Waals surface area contributed by atoms with Gasteiger partial charge in [-0.15, -0.1) is 0 Å². The van der Waals surface area contributed by atoms with Crippen LogP contribution in [0.15, 0.2) is 42.5 Å². The van der Waals surface area contributed by atoms with Crippen molar-refractivity contribution >= 4 is 17.3 Å². The SMILES string of the molecule is CC(C)(C)c1cc(C(=O)Nc2ccc([N+](=O)[O-])cc2)cc(C(C)(C)C)c1. The van der Waals surface area contributed by atoms with Gasteiger partial charge in [0.25, 0.3) is 11.6 Å². The number of rotatable bonds is 3. The van der Waals surface area contributed by atoms with Crippen LogP contribution >= 0.6 is 0 Å². The molecule has 138 valence electrons. The van der Waals surface area contributed by atoms with Gasteiger partial charge in [0.1, 0.15) is 0 Å². The zero-order valence-electron chi connectivity index (χ0n) is 16.2. The largest absolute Gasteiger partial charge is 0.322 e. The molecule has 0 fully saturated rings. The summed E-state index contributed by atoms with van der Waals surface area (Å²) in [6.07, 6.45) is 0. The van der Waals surface area contributed by atoms with Gasteiger partial charge >= 0.3 is 0 Å². The smallest absolute Gasteiger partial charge is 0.269 e. The minimum absolute atomic E-state index is 0.00672. The van der Waals surface area contributed by atoms with E-state index in [0.29, 0.717) is 11.3 Å². The number of nitrogens with zero attached hydrogens (tertiary/aromatic N) is 1. The van der Waals surface area contributed by atoms with Gasteiger partial charge in [0, 0.05) is 23.4 Å². The van der Waals surface area contributed by atoms with Gasteiger partial charge in [0.05, 0.1) is 4.92 Å². The van der Waals surface area contributed by atoms with Crippen LogP contribution in [-0.4, -0.2) is 10.8 Å². The molecule has 5 heteroatoms. The quantitative estimate of drug-likeness (QED) is 0.589. The third-order valence-electron chi connectivity index (χ3n) is 4.26. The van der Waals surface area contributed by atoms with E-state index in [-0.39, 0.29) is 22.4 Å². The van der Waals surface area contributed by atoms with Gasteiger partial charge < -0.3 is 5.32 Å². The minimum Gasteiger partial charge on any atom is -0.322 e. The first-order chi connectivity index (χ1) is 11.9. The Kier molecular flexibility index (Phi) is 5.21. The van der Waals surface area contributed by atoms with Crippen molar-refractivity contribution < 1.29 is 9.72 Å². The summed E-state index contributed by atoms with van der Waals surface area (Å²) in [5.41, 5.74) is 3.14. The summed E-state index contributed by atoms with van der Waals surface area (Å²) < 4.78 is 0. The lowest BCUT2D eigenvalue weighted by molar-refractivity contribution is -0.384. The third kappa shape index (κ3) is 4.69. The van der Waals surface area contributed by atoms with Crippen LogP contribution < -0.4 is 5.32 Å². The molecule has 0 aliphatic heterocycles. The number of anilines is 1. The van der Waals surface area contributed by atoms with Gasteiger partial charge in [-0.1, -0.05) is 47.6 Å². The van der Waals surface area contributed by atoms with E-state index < -0.39 is 4.92 Å². The number of carbonyl (C=O) groups is 1. The molecule has 0 bridgehead atoms. The Morgan fingerprint density at radius 1 is 0.885 bits per heavy atom. The van der Waals surface area contributed by atoms with Crippen molar-refractivity contribution in [2.75, 3.05) is 5.32 Å². The highest BCUT2D eigenvalue weighted by molar-refractivity contribution is 6.04. The van der Waals surface area contributed by atoms with Crippen molar-refractivity contribution in [2.45, 2.75) is 52.4 Å². The van der Waals surface area contributed by atoms with Crippen LogP contribution in [-0.2, 0) is 10.8 Å². The maximum absolute atomic E-state index is 12.7. The van der Waals surface area contributed by atoms with E-state index in [2.05, 4.69) is 52.9 Å². The highest BCUT2D eigenvalue weighted by Gasteiger charge is 2.22. The van der Waals surface area contributed by atoms with Gasteiger partial charge in [0.2, 0.25) is 0 Å². The number of hydrogen-bond acceptors (Lipinski definition) is 3. The van der Waals surface area contributed by atoms with Crippen molar-refractivity contribution in [1.29, 1.82) is 0 Å². The summed E-state index contributed by atoms with van der Waals surface area (Å²) in [7, 11) is 0. The Balaban J connectivity index is 2.37.